The van der Waals surface area contributed by atoms with Crippen molar-refractivity contribution in [2.24, 2.45) is 0 Å². The highest BCUT2D eigenvalue weighted by Gasteiger charge is 2.14. The largest absolute Gasteiger partial charge is 0.378 e. The fourth-order valence-corrected chi connectivity index (χ4v) is 1.78. The van der Waals surface area contributed by atoms with E-state index in [9.17, 15) is 4.79 Å². The lowest BCUT2D eigenvalue weighted by atomic mass is 10.1. The molecule has 0 spiro atoms. The number of anilines is 2. The van der Waals surface area contributed by atoms with Crippen LogP contribution in [0.5, 0.6) is 0 Å². The van der Waals surface area contributed by atoms with E-state index < -0.39 is 0 Å². The topological polar surface area (TPSA) is 36.4 Å². The molecule has 0 radical (unpaired) electrons. The Bertz CT molecular complexity index is 567. The maximum atomic E-state index is 12.4. The molecule has 0 bridgehead atoms. The average Bonchev–Trinajstić information content (AvgIpc) is 2.46. The van der Waals surface area contributed by atoms with Gasteiger partial charge in [0, 0.05) is 38.6 Å². The highest BCUT2D eigenvalue weighted by molar-refractivity contribution is 6.06. The van der Waals surface area contributed by atoms with Crippen molar-refractivity contribution in [2.45, 2.75) is 0 Å². The molecule has 1 aromatic carbocycles. The Kier molecular flexibility index (Phi) is 3.80. The first kappa shape index (κ1) is 13.1. The summed E-state index contributed by atoms with van der Waals surface area (Å²) in [6.07, 6.45) is 3.36. The third-order valence-corrected chi connectivity index (χ3v) is 2.95. The van der Waals surface area contributed by atoms with Gasteiger partial charge in [0.05, 0.1) is 11.9 Å². The average molecular weight is 255 g/mol. The Hall–Kier alpha value is -2.36. The van der Waals surface area contributed by atoms with Crippen LogP contribution in [0.25, 0.3) is 0 Å². The summed E-state index contributed by atoms with van der Waals surface area (Å²) in [5, 5.41) is 0. The SMILES string of the molecule is CN(C)c1cccc(C(=O)N(C)c2cccnc2)c1. The van der Waals surface area contributed by atoms with Gasteiger partial charge in [-0.15, -0.1) is 0 Å². The Balaban J connectivity index is 2.27. The van der Waals surface area contributed by atoms with Crippen LogP contribution in [0.3, 0.4) is 0 Å². The number of nitrogens with zero attached hydrogens (tertiary/aromatic N) is 3. The van der Waals surface area contributed by atoms with Gasteiger partial charge >= 0.3 is 0 Å². The number of benzene rings is 1. The van der Waals surface area contributed by atoms with Gasteiger partial charge in [0.15, 0.2) is 0 Å². The summed E-state index contributed by atoms with van der Waals surface area (Å²) in [5.74, 6) is -0.0447. The zero-order valence-corrected chi connectivity index (χ0v) is 11.4. The molecule has 2 aromatic rings. The van der Waals surface area contributed by atoms with Crippen molar-refractivity contribution in [1.82, 2.24) is 4.98 Å². The number of carbonyl (C=O) groups excluding carboxylic acids is 1. The van der Waals surface area contributed by atoms with Crippen molar-refractivity contribution in [1.29, 1.82) is 0 Å². The quantitative estimate of drug-likeness (QED) is 0.845. The van der Waals surface area contributed by atoms with Crippen molar-refractivity contribution < 1.29 is 4.79 Å². The number of hydrogen-bond acceptors (Lipinski definition) is 3. The van der Waals surface area contributed by atoms with Crippen molar-refractivity contribution in [3.63, 3.8) is 0 Å². The molecule has 19 heavy (non-hydrogen) atoms. The van der Waals surface area contributed by atoms with Gasteiger partial charge in [0.1, 0.15) is 0 Å². The van der Waals surface area contributed by atoms with E-state index in [0.29, 0.717) is 5.56 Å². The fourth-order valence-electron chi connectivity index (χ4n) is 1.78. The molecule has 0 aliphatic heterocycles. The van der Waals surface area contributed by atoms with Gasteiger partial charge in [-0.2, -0.15) is 0 Å². The lowest BCUT2D eigenvalue weighted by molar-refractivity contribution is 0.0993. The van der Waals surface area contributed by atoms with E-state index in [2.05, 4.69) is 4.98 Å². The molecule has 1 amide bonds. The van der Waals surface area contributed by atoms with E-state index in [1.807, 2.05) is 55.4 Å². The highest BCUT2D eigenvalue weighted by Crippen LogP contribution is 2.17. The van der Waals surface area contributed by atoms with E-state index in [1.165, 1.54) is 0 Å². The zero-order valence-electron chi connectivity index (χ0n) is 11.4. The lowest BCUT2D eigenvalue weighted by Gasteiger charge is -2.18. The fraction of sp³-hybridized carbons (Fsp3) is 0.200. The van der Waals surface area contributed by atoms with Crippen molar-refractivity contribution in [2.75, 3.05) is 30.9 Å². The summed E-state index contributed by atoms with van der Waals surface area (Å²) in [4.78, 5) is 20.0. The molecule has 0 unspecified atom stereocenters. The molecule has 98 valence electrons. The molecule has 0 aliphatic carbocycles. The van der Waals surface area contributed by atoms with Crippen LogP contribution >= 0.6 is 0 Å². The first-order valence-electron chi connectivity index (χ1n) is 6.05. The molecule has 1 aromatic heterocycles. The molecule has 4 nitrogen and oxygen atoms in total. The second-order valence-corrected chi connectivity index (χ2v) is 4.52. The number of aromatic nitrogens is 1. The maximum absolute atomic E-state index is 12.4. The number of rotatable bonds is 3. The van der Waals surface area contributed by atoms with Crippen LogP contribution in [0.15, 0.2) is 48.8 Å². The van der Waals surface area contributed by atoms with Gasteiger partial charge < -0.3 is 9.80 Å². The molecule has 0 N–H and O–H groups in total. The minimum absolute atomic E-state index is 0.0447. The summed E-state index contributed by atoms with van der Waals surface area (Å²) < 4.78 is 0. The minimum atomic E-state index is -0.0447. The standard InChI is InChI=1S/C15H17N3O/c1-17(2)13-7-4-6-12(10-13)15(19)18(3)14-8-5-9-16-11-14/h4-11H,1-3H3. The Morgan fingerprint density at radius 1 is 1.05 bits per heavy atom. The molecule has 1 heterocycles. The maximum Gasteiger partial charge on any atom is 0.258 e. The van der Waals surface area contributed by atoms with E-state index in [4.69, 9.17) is 0 Å². The summed E-state index contributed by atoms with van der Waals surface area (Å²) in [6, 6.07) is 11.2. The minimum Gasteiger partial charge on any atom is -0.378 e. The first-order valence-corrected chi connectivity index (χ1v) is 6.05. The van der Waals surface area contributed by atoms with E-state index in [0.717, 1.165) is 11.4 Å². The van der Waals surface area contributed by atoms with Crippen molar-refractivity contribution in [3.05, 3.63) is 54.4 Å². The Morgan fingerprint density at radius 3 is 2.42 bits per heavy atom. The molecular formula is C15H17N3O. The van der Waals surface area contributed by atoms with Crippen LogP contribution in [0.4, 0.5) is 11.4 Å². The molecule has 0 aliphatic rings. The molecule has 0 saturated heterocycles. The van der Waals surface area contributed by atoms with Crippen LogP contribution in [0.1, 0.15) is 10.4 Å². The van der Waals surface area contributed by atoms with Gasteiger partial charge in [0.2, 0.25) is 0 Å². The number of carbonyl (C=O) groups is 1. The van der Waals surface area contributed by atoms with Crippen LogP contribution in [0.2, 0.25) is 0 Å². The second kappa shape index (κ2) is 5.52. The van der Waals surface area contributed by atoms with E-state index in [-0.39, 0.29) is 5.91 Å². The van der Waals surface area contributed by atoms with E-state index in [1.54, 1.807) is 24.3 Å². The lowest BCUT2D eigenvalue weighted by Crippen LogP contribution is -2.26. The van der Waals surface area contributed by atoms with Gasteiger partial charge in [-0.1, -0.05) is 6.07 Å². The molecule has 0 fully saturated rings. The Labute approximate surface area is 113 Å². The summed E-state index contributed by atoms with van der Waals surface area (Å²) >= 11 is 0. The van der Waals surface area contributed by atoms with Crippen molar-refractivity contribution in [3.8, 4) is 0 Å². The van der Waals surface area contributed by atoms with Gasteiger partial charge in [-0.25, -0.2) is 0 Å². The number of hydrogen-bond donors (Lipinski definition) is 0. The predicted molar refractivity (Wildman–Crippen MR) is 77.7 cm³/mol. The Morgan fingerprint density at radius 2 is 1.79 bits per heavy atom. The number of pyridine rings is 1. The zero-order chi connectivity index (χ0) is 13.8. The highest BCUT2D eigenvalue weighted by atomic mass is 16.2. The predicted octanol–water partition coefficient (Wildman–Crippen LogP) is 2.42. The van der Waals surface area contributed by atoms with Crippen LogP contribution < -0.4 is 9.80 Å². The smallest absolute Gasteiger partial charge is 0.258 e. The summed E-state index contributed by atoms with van der Waals surface area (Å²) in [7, 11) is 5.66. The molecule has 0 atom stereocenters. The molecular weight excluding hydrogens is 238 g/mol. The van der Waals surface area contributed by atoms with Gasteiger partial charge in [-0.05, 0) is 30.3 Å². The number of amides is 1. The van der Waals surface area contributed by atoms with Crippen LogP contribution in [-0.4, -0.2) is 32.0 Å². The van der Waals surface area contributed by atoms with Crippen LogP contribution in [-0.2, 0) is 0 Å². The van der Waals surface area contributed by atoms with Gasteiger partial charge in [-0.3, -0.25) is 9.78 Å². The molecule has 0 saturated carbocycles. The third kappa shape index (κ3) is 2.91. The summed E-state index contributed by atoms with van der Waals surface area (Å²) in [5.41, 5.74) is 2.45. The first-order chi connectivity index (χ1) is 9.09. The molecule has 2 rings (SSSR count). The van der Waals surface area contributed by atoms with Gasteiger partial charge in [0.25, 0.3) is 5.91 Å². The monoisotopic (exact) mass is 255 g/mol. The second-order valence-electron chi connectivity index (χ2n) is 4.52. The van der Waals surface area contributed by atoms with E-state index >= 15 is 0 Å². The molecule has 4 heteroatoms. The summed E-state index contributed by atoms with van der Waals surface area (Å²) in [6.45, 7) is 0. The normalized spacial score (nSPS) is 10.1. The van der Waals surface area contributed by atoms with Crippen molar-refractivity contribution >= 4 is 17.3 Å². The van der Waals surface area contributed by atoms with Crippen LogP contribution in [0, 0.1) is 0 Å². The third-order valence-electron chi connectivity index (χ3n) is 2.95.